The highest BCUT2D eigenvalue weighted by atomic mass is 127. The fraction of sp³-hybridized carbons (Fsp3) is 0.409. The van der Waals surface area contributed by atoms with Gasteiger partial charge in [-0.05, 0) is 29.7 Å². The molecule has 3 rings (SSSR count). The number of rotatable bonds is 7. The van der Waals surface area contributed by atoms with Gasteiger partial charge in [0.05, 0.1) is 6.61 Å². The summed E-state index contributed by atoms with van der Waals surface area (Å²) in [6, 6.07) is 18.3. The van der Waals surface area contributed by atoms with Crippen LogP contribution in [0.1, 0.15) is 17.5 Å². The maximum atomic E-state index is 5.92. The second-order valence-corrected chi connectivity index (χ2v) is 6.83. The van der Waals surface area contributed by atoms with Crippen LogP contribution in [0.3, 0.4) is 0 Å². The molecule has 2 aromatic rings. The van der Waals surface area contributed by atoms with Crippen LogP contribution in [0.25, 0.3) is 0 Å². The molecule has 1 aliphatic rings. The van der Waals surface area contributed by atoms with Gasteiger partial charge in [-0.15, -0.1) is 24.0 Å². The lowest BCUT2D eigenvalue weighted by Gasteiger charge is -2.22. The molecule has 1 N–H and O–H groups in total. The highest BCUT2D eigenvalue weighted by Crippen LogP contribution is 2.17. The summed E-state index contributed by atoms with van der Waals surface area (Å²) in [7, 11) is 3.61. The molecule has 1 unspecified atom stereocenters. The molecule has 0 aromatic heterocycles. The van der Waals surface area contributed by atoms with E-state index in [-0.39, 0.29) is 24.0 Å². The Morgan fingerprint density at radius 2 is 1.82 bits per heavy atom. The minimum Gasteiger partial charge on any atom is -0.489 e. The Morgan fingerprint density at radius 1 is 1.11 bits per heavy atom. The fourth-order valence-electron chi connectivity index (χ4n) is 3.45. The minimum absolute atomic E-state index is 0. The fourth-order valence-corrected chi connectivity index (χ4v) is 3.45. The van der Waals surface area contributed by atoms with Crippen LogP contribution in [0.5, 0.6) is 5.75 Å². The molecule has 152 valence electrons. The number of likely N-dealkylation sites (tertiary alicyclic amines) is 1. The van der Waals surface area contributed by atoms with Gasteiger partial charge in [-0.2, -0.15) is 0 Å². The first-order chi connectivity index (χ1) is 13.3. The largest absolute Gasteiger partial charge is 0.489 e. The molecule has 28 heavy (non-hydrogen) atoms. The van der Waals surface area contributed by atoms with E-state index in [2.05, 4.69) is 39.5 Å². The van der Waals surface area contributed by atoms with Crippen molar-refractivity contribution in [1.82, 2.24) is 10.2 Å². The first kappa shape index (κ1) is 22.5. The predicted octanol–water partition coefficient (Wildman–Crippen LogP) is 3.93. The molecular formula is C22H30IN3O2. The van der Waals surface area contributed by atoms with Crippen molar-refractivity contribution in [2.75, 3.05) is 33.9 Å². The van der Waals surface area contributed by atoms with Crippen molar-refractivity contribution in [2.24, 2.45) is 10.9 Å². The lowest BCUT2D eigenvalue weighted by Crippen LogP contribution is -2.40. The van der Waals surface area contributed by atoms with Crippen LogP contribution in [0.4, 0.5) is 0 Å². The molecule has 1 saturated heterocycles. The Morgan fingerprint density at radius 3 is 2.54 bits per heavy atom. The second kappa shape index (κ2) is 11.9. The Kier molecular flexibility index (Phi) is 9.57. The van der Waals surface area contributed by atoms with Gasteiger partial charge in [0.2, 0.25) is 0 Å². The van der Waals surface area contributed by atoms with Crippen molar-refractivity contribution in [3.05, 3.63) is 65.7 Å². The van der Waals surface area contributed by atoms with Gasteiger partial charge in [-0.25, -0.2) is 0 Å². The molecule has 2 aromatic carbocycles. The molecule has 5 nitrogen and oxygen atoms in total. The van der Waals surface area contributed by atoms with E-state index in [1.54, 1.807) is 7.11 Å². The molecule has 1 fully saturated rings. The Labute approximate surface area is 185 Å². The van der Waals surface area contributed by atoms with E-state index in [0.29, 0.717) is 12.5 Å². The maximum absolute atomic E-state index is 5.92. The molecule has 0 aliphatic carbocycles. The third-order valence-corrected chi connectivity index (χ3v) is 4.89. The zero-order valence-electron chi connectivity index (χ0n) is 16.6. The maximum Gasteiger partial charge on any atom is 0.193 e. The number of nitrogens with one attached hydrogen (secondary N) is 1. The summed E-state index contributed by atoms with van der Waals surface area (Å²) in [5, 5.41) is 3.51. The summed E-state index contributed by atoms with van der Waals surface area (Å²) in [4.78, 5) is 6.77. The number of para-hydroxylation sites is 1. The Hall–Kier alpha value is -1.80. The van der Waals surface area contributed by atoms with Crippen LogP contribution in [0.2, 0.25) is 0 Å². The van der Waals surface area contributed by atoms with Gasteiger partial charge in [0.15, 0.2) is 5.96 Å². The van der Waals surface area contributed by atoms with Crippen molar-refractivity contribution >= 4 is 29.9 Å². The smallest absolute Gasteiger partial charge is 0.193 e. The summed E-state index contributed by atoms with van der Waals surface area (Å²) >= 11 is 0. The molecule has 1 atom stereocenters. The van der Waals surface area contributed by atoms with Crippen LogP contribution in [0, 0.1) is 5.92 Å². The number of aliphatic imine (C=N–C) groups is 1. The molecule has 0 saturated carbocycles. The van der Waals surface area contributed by atoms with Gasteiger partial charge in [-0.3, -0.25) is 4.99 Å². The zero-order chi connectivity index (χ0) is 18.9. The molecule has 0 amide bonds. The highest BCUT2D eigenvalue weighted by Gasteiger charge is 2.24. The van der Waals surface area contributed by atoms with Crippen LogP contribution < -0.4 is 10.1 Å². The van der Waals surface area contributed by atoms with Crippen molar-refractivity contribution in [3.63, 3.8) is 0 Å². The molecule has 0 bridgehead atoms. The molecule has 0 radical (unpaired) electrons. The third kappa shape index (κ3) is 6.38. The normalized spacial score (nSPS) is 16.6. The van der Waals surface area contributed by atoms with E-state index < -0.39 is 0 Å². The van der Waals surface area contributed by atoms with Crippen LogP contribution in [-0.4, -0.2) is 44.7 Å². The first-order valence-electron chi connectivity index (χ1n) is 9.49. The van der Waals surface area contributed by atoms with Gasteiger partial charge in [0.25, 0.3) is 0 Å². The van der Waals surface area contributed by atoms with Crippen molar-refractivity contribution in [1.29, 1.82) is 0 Å². The average Bonchev–Trinajstić information content (AvgIpc) is 3.17. The molecular weight excluding hydrogens is 465 g/mol. The van der Waals surface area contributed by atoms with Gasteiger partial charge < -0.3 is 19.7 Å². The number of halogens is 1. The van der Waals surface area contributed by atoms with E-state index in [9.17, 15) is 0 Å². The topological polar surface area (TPSA) is 46.1 Å². The standard InChI is InChI=1S/C22H29N3O2.HI/c1-23-22(25-13-12-18(15-25)16-26-2)24-14-19-8-6-7-9-20(19)17-27-21-10-4-3-5-11-21;/h3-11,18H,12-17H2,1-2H3,(H,23,24);1H. The summed E-state index contributed by atoms with van der Waals surface area (Å²) in [5.41, 5.74) is 2.41. The lowest BCUT2D eigenvalue weighted by molar-refractivity contribution is 0.157. The van der Waals surface area contributed by atoms with E-state index in [4.69, 9.17) is 9.47 Å². The highest BCUT2D eigenvalue weighted by molar-refractivity contribution is 14.0. The van der Waals surface area contributed by atoms with Crippen LogP contribution >= 0.6 is 24.0 Å². The quantitative estimate of drug-likeness (QED) is 0.360. The number of hydrogen-bond donors (Lipinski definition) is 1. The number of nitrogens with zero attached hydrogens (tertiary/aromatic N) is 2. The minimum atomic E-state index is 0. The van der Waals surface area contributed by atoms with E-state index in [1.165, 1.54) is 11.1 Å². The number of hydrogen-bond acceptors (Lipinski definition) is 3. The van der Waals surface area contributed by atoms with Crippen molar-refractivity contribution in [3.8, 4) is 5.75 Å². The summed E-state index contributed by atoms with van der Waals surface area (Å²) < 4.78 is 11.2. The first-order valence-corrected chi connectivity index (χ1v) is 9.49. The number of guanidine groups is 1. The van der Waals surface area contributed by atoms with Crippen LogP contribution in [-0.2, 0) is 17.9 Å². The second-order valence-electron chi connectivity index (χ2n) is 6.83. The monoisotopic (exact) mass is 495 g/mol. The molecule has 1 aliphatic heterocycles. The molecule has 0 spiro atoms. The SMILES string of the molecule is CN=C(NCc1ccccc1COc1ccccc1)N1CCC(COC)C1.I. The van der Waals surface area contributed by atoms with Crippen molar-refractivity contribution < 1.29 is 9.47 Å². The number of methoxy groups -OCH3 is 1. The lowest BCUT2D eigenvalue weighted by atomic mass is 10.1. The third-order valence-electron chi connectivity index (χ3n) is 4.89. The number of benzene rings is 2. The molecule has 6 heteroatoms. The van der Waals surface area contributed by atoms with E-state index >= 15 is 0 Å². The van der Waals surface area contributed by atoms with E-state index in [1.807, 2.05) is 37.4 Å². The summed E-state index contributed by atoms with van der Waals surface area (Å²) in [6.07, 6.45) is 1.15. The van der Waals surface area contributed by atoms with E-state index in [0.717, 1.165) is 44.4 Å². The summed E-state index contributed by atoms with van der Waals surface area (Å²) in [5.74, 6) is 2.42. The Bertz CT molecular complexity index is 740. The van der Waals surface area contributed by atoms with Gasteiger partial charge in [0, 0.05) is 39.7 Å². The van der Waals surface area contributed by atoms with Gasteiger partial charge >= 0.3 is 0 Å². The average molecular weight is 495 g/mol. The van der Waals surface area contributed by atoms with Crippen LogP contribution in [0.15, 0.2) is 59.6 Å². The Balaban J connectivity index is 0.00000280. The van der Waals surface area contributed by atoms with Crippen molar-refractivity contribution in [2.45, 2.75) is 19.6 Å². The van der Waals surface area contributed by atoms with Gasteiger partial charge in [-0.1, -0.05) is 42.5 Å². The number of ether oxygens (including phenoxy) is 2. The molecule has 1 heterocycles. The predicted molar refractivity (Wildman–Crippen MR) is 124 cm³/mol. The zero-order valence-corrected chi connectivity index (χ0v) is 19.0. The summed E-state index contributed by atoms with van der Waals surface area (Å²) in [6.45, 7) is 4.11. The van der Waals surface area contributed by atoms with Gasteiger partial charge in [0.1, 0.15) is 12.4 Å².